The number of fused-ring (bicyclic) bond motifs is 2. The summed E-state index contributed by atoms with van der Waals surface area (Å²) in [6.45, 7) is 2.66. The summed E-state index contributed by atoms with van der Waals surface area (Å²) < 4.78 is 42.8. The van der Waals surface area contributed by atoms with Gasteiger partial charge in [0.15, 0.2) is 23.0 Å². The lowest BCUT2D eigenvalue weighted by Gasteiger charge is -2.27. The molecule has 0 saturated heterocycles. The molecule has 0 aromatic heterocycles. The van der Waals surface area contributed by atoms with Gasteiger partial charge in [0.05, 0.1) is 16.1 Å². The minimum absolute atomic E-state index is 0.0356. The summed E-state index contributed by atoms with van der Waals surface area (Å²) in [5, 5.41) is 9.93. The van der Waals surface area contributed by atoms with Crippen molar-refractivity contribution in [1.29, 1.82) is 5.26 Å². The topological polar surface area (TPSA) is 96.0 Å². The van der Waals surface area contributed by atoms with Crippen molar-refractivity contribution in [1.82, 2.24) is 0 Å². The smallest absolute Gasteiger partial charge is 0.231 e. The maximum absolute atomic E-state index is 13.2. The number of nitrogens with two attached hydrogens (primary N) is 1. The molecule has 0 amide bonds. The Balaban J connectivity index is 1.56. The first-order valence-electron chi connectivity index (χ1n) is 10.8. The molecule has 178 valence electrons. The van der Waals surface area contributed by atoms with Crippen LogP contribution in [0.1, 0.15) is 29.5 Å². The van der Waals surface area contributed by atoms with Gasteiger partial charge in [-0.15, -0.1) is 0 Å². The van der Waals surface area contributed by atoms with Gasteiger partial charge in [0, 0.05) is 11.6 Å². The molecule has 0 radical (unpaired) electrons. The third kappa shape index (κ3) is 4.41. The second kappa shape index (κ2) is 9.54. The van der Waals surface area contributed by atoms with E-state index < -0.39 is 5.92 Å². The summed E-state index contributed by atoms with van der Waals surface area (Å²) in [5.74, 6) is 1.96. The van der Waals surface area contributed by atoms with Crippen LogP contribution in [0.15, 0.2) is 60.0 Å². The van der Waals surface area contributed by atoms with Crippen LogP contribution in [-0.2, 0) is 6.61 Å². The van der Waals surface area contributed by atoms with Crippen LogP contribution in [0.4, 0.5) is 4.39 Å². The molecule has 0 spiro atoms. The van der Waals surface area contributed by atoms with Gasteiger partial charge in [-0.1, -0.05) is 12.1 Å². The lowest BCUT2D eigenvalue weighted by atomic mass is 9.83. The molecule has 0 aliphatic carbocycles. The molecule has 35 heavy (non-hydrogen) atoms. The zero-order valence-corrected chi connectivity index (χ0v) is 20.8. The number of rotatable bonds is 6. The zero-order valence-electron chi connectivity index (χ0n) is 18.6. The maximum Gasteiger partial charge on any atom is 0.231 e. The molecule has 2 aliphatic heterocycles. The minimum atomic E-state index is -0.503. The third-order valence-corrected chi connectivity index (χ3v) is 6.47. The Morgan fingerprint density at radius 2 is 1.83 bits per heavy atom. The Bertz CT molecular complexity index is 1370. The molecule has 0 unspecified atom stereocenters. The first kappa shape index (κ1) is 23.1. The van der Waals surface area contributed by atoms with Gasteiger partial charge >= 0.3 is 0 Å². The summed E-state index contributed by atoms with van der Waals surface area (Å²) in [7, 11) is 0. The van der Waals surface area contributed by atoms with E-state index in [-0.39, 0.29) is 30.7 Å². The quantitative estimate of drug-likeness (QED) is 0.389. The highest BCUT2D eigenvalue weighted by Crippen LogP contribution is 2.49. The van der Waals surface area contributed by atoms with E-state index in [1.807, 2.05) is 25.1 Å². The van der Waals surface area contributed by atoms with Crippen LogP contribution in [0.2, 0.25) is 0 Å². The van der Waals surface area contributed by atoms with Gasteiger partial charge in [0.1, 0.15) is 29.8 Å². The highest BCUT2D eigenvalue weighted by molar-refractivity contribution is 14.1. The summed E-state index contributed by atoms with van der Waals surface area (Å²) in [6, 6.07) is 15.7. The van der Waals surface area contributed by atoms with Crippen LogP contribution in [-0.4, -0.2) is 13.4 Å². The van der Waals surface area contributed by atoms with Crippen LogP contribution in [0.5, 0.6) is 28.7 Å². The van der Waals surface area contributed by atoms with Gasteiger partial charge in [-0.2, -0.15) is 5.26 Å². The highest BCUT2D eigenvalue weighted by Gasteiger charge is 2.34. The van der Waals surface area contributed by atoms with Gasteiger partial charge in [0.2, 0.25) is 12.7 Å². The molecule has 1 atom stereocenters. The fourth-order valence-corrected chi connectivity index (χ4v) is 4.86. The summed E-state index contributed by atoms with van der Waals surface area (Å²) in [4.78, 5) is 0. The van der Waals surface area contributed by atoms with E-state index in [4.69, 9.17) is 29.4 Å². The van der Waals surface area contributed by atoms with Gasteiger partial charge in [-0.25, -0.2) is 4.39 Å². The van der Waals surface area contributed by atoms with Crippen LogP contribution in [0.25, 0.3) is 0 Å². The molecular formula is C26H20FIN2O5. The molecular weight excluding hydrogens is 566 g/mol. The van der Waals surface area contributed by atoms with Crippen molar-refractivity contribution in [3.8, 4) is 34.8 Å². The van der Waals surface area contributed by atoms with Crippen molar-refractivity contribution in [3.05, 3.63) is 86.1 Å². The summed E-state index contributed by atoms with van der Waals surface area (Å²) in [5.41, 5.74) is 8.78. The number of nitrogens with zero attached hydrogens (tertiary/aromatic N) is 1. The number of hydrogen-bond acceptors (Lipinski definition) is 7. The first-order chi connectivity index (χ1) is 17.0. The highest BCUT2D eigenvalue weighted by atomic mass is 127. The van der Waals surface area contributed by atoms with Crippen molar-refractivity contribution < 1.29 is 28.1 Å². The maximum atomic E-state index is 13.2. The lowest BCUT2D eigenvalue weighted by Crippen LogP contribution is -2.21. The predicted molar refractivity (Wildman–Crippen MR) is 133 cm³/mol. The Kier molecular flexibility index (Phi) is 6.30. The normalized spacial score (nSPS) is 15.8. The van der Waals surface area contributed by atoms with E-state index in [1.54, 1.807) is 18.2 Å². The van der Waals surface area contributed by atoms with E-state index in [9.17, 15) is 9.65 Å². The van der Waals surface area contributed by atoms with Crippen molar-refractivity contribution in [2.75, 3.05) is 13.4 Å². The van der Waals surface area contributed by atoms with Crippen molar-refractivity contribution in [2.45, 2.75) is 19.4 Å². The van der Waals surface area contributed by atoms with Crippen LogP contribution >= 0.6 is 22.6 Å². The van der Waals surface area contributed by atoms with Crippen molar-refractivity contribution in [2.24, 2.45) is 5.73 Å². The van der Waals surface area contributed by atoms with E-state index >= 15 is 0 Å². The van der Waals surface area contributed by atoms with Gasteiger partial charge < -0.3 is 29.4 Å². The average Bonchev–Trinajstić information content (AvgIpc) is 3.30. The number of hydrogen-bond donors (Lipinski definition) is 1. The molecule has 0 bridgehead atoms. The molecule has 2 N–H and O–H groups in total. The molecule has 3 aromatic rings. The molecule has 0 fully saturated rings. The molecule has 3 aromatic carbocycles. The Morgan fingerprint density at radius 1 is 1.09 bits per heavy atom. The fraction of sp³-hybridized carbons (Fsp3) is 0.192. The lowest BCUT2D eigenvalue weighted by molar-refractivity contribution is 0.174. The predicted octanol–water partition coefficient (Wildman–Crippen LogP) is 5.35. The van der Waals surface area contributed by atoms with E-state index in [0.29, 0.717) is 35.4 Å². The third-order valence-electron chi connectivity index (χ3n) is 5.67. The second-order valence-electron chi connectivity index (χ2n) is 7.85. The molecule has 9 heteroatoms. The monoisotopic (exact) mass is 586 g/mol. The molecule has 2 aliphatic rings. The fourth-order valence-electron chi connectivity index (χ4n) is 4.08. The second-order valence-corrected chi connectivity index (χ2v) is 9.01. The number of nitriles is 1. The molecule has 5 rings (SSSR count). The minimum Gasteiger partial charge on any atom is -0.490 e. The Labute approximate surface area is 214 Å². The largest absolute Gasteiger partial charge is 0.490 e. The van der Waals surface area contributed by atoms with Crippen molar-refractivity contribution in [3.63, 3.8) is 0 Å². The number of allylic oxidation sites excluding steroid dienone is 1. The SMILES string of the molecule is CCOc1cc([C@@H]2C(C#N)=C(N)Oc3cc4c(cc32)OCO4)cc(I)c1OCc1ccc(F)cc1. The number of halogens is 2. The van der Waals surface area contributed by atoms with Crippen LogP contribution in [0, 0.1) is 20.7 Å². The summed E-state index contributed by atoms with van der Waals surface area (Å²) in [6.07, 6.45) is 0. The molecule has 2 heterocycles. The zero-order chi connectivity index (χ0) is 24.5. The van der Waals surface area contributed by atoms with Crippen LogP contribution < -0.4 is 29.4 Å². The van der Waals surface area contributed by atoms with E-state index in [1.165, 1.54) is 12.1 Å². The van der Waals surface area contributed by atoms with Gasteiger partial charge in [-0.05, 0) is 71.0 Å². The first-order valence-corrected chi connectivity index (χ1v) is 11.9. The summed E-state index contributed by atoms with van der Waals surface area (Å²) >= 11 is 2.18. The molecule has 7 nitrogen and oxygen atoms in total. The Morgan fingerprint density at radius 3 is 2.54 bits per heavy atom. The van der Waals surface area contributed by atoms with E-state index in [2.05, 4.69) is 28.7 Å². The van der Waals surface area contributed by atoms with Gasteiger partial charge in [-0.3, -0.25) is 0 Å². The number of benzene rings is 3. The van der Waals surface area contributed by atoms with E-state index in [0.717, 1.165) is 20.3 Å². The average molecular weight is 586 g/mol. The number of ether oxygens (including phenoxy) is 5. The molecule has 0 saturated carbocycles. The van der Waals surface area contributed by atoms with Gasteiger partial charge in [0.25, 0.3) is 0 Å². The van der Waals surface area contributed by atoms with Crippen molar-refractivity contribution >= 4 is 22.6 Å². The Hall–Kier alpha value is -3.65. The van der Waals surface area contributed by atoms with Crippen LogP contribution in [0.3, 0.4) is 0 Å². The standard InChI is InChI=1S/C26H20FIN2O5/c1-2-31-23-8-15(7-19(28)25(23)32-12-14-3-5-16(27)6-4-14)24-17-9-21-22(34-13-33-21)10-20(17)35-26(30)18(24)11-29/h3-10,24H,2,12-13,30H2,1H3/t24-/m0/s1.